The predicted octanol–water partition coefficient (Wildman–Crippen LogP) is 2.01. The van der Waals surface area contributed by atoms with Gasteiger partial charge in [0.2, 0.25) is 0 Å². The lowest BCUT2D eigenvalue weighted by Crippen LogP contribution is -2.23. The maximum atomic E-state index is 6.07. The third kappa shape index (κ3) is 3.93. The molecular weight excluding hydrogens is 242 g/mol. The van der Waals surface area contributed by atoms with E-state index in [0.717, 1.165) is 44.1 Å². The normalized spacial score (nSPS) is 20.4. The van der Waals surface area contributed by atoms with Crippen LogP contribution < -0.4 is 10.1 Å². The quantitative estimate of drug-likeness (QED) is 0.818. The second kappa shape index (κ2) is 7.48. The zero-order valence-electron chi connectivity index (χ0n) is 11.7. The molecule has 1 fully saturated rings. The number of hydrogen-bond donors (Lipinski definition) is 1. The van der Waals surface area contributed by atoms with E-state index < -0.39 is 0 Å². The molecule has 1 aliphatic heterocycles. The smallest absolute Gasteiger partial charge is 0.124 e. The van der Waals surface area contributed by atoms with Crippen molar-refractivity contribution in [2.24, 2.45) is 5.92 Å². The van der Waals surface area contributed by atoms with Crippen molar-refractivity contribution in [3.63, 3.8) is 0 Å². The Morgan fingerprint density at radius 1 is 1.42 bits per heavy atom. The van der Waals surface area contributed by atoms with E-state index in [0.29, 0.717) is 5.92 Å². The first-order valence-corrected chi connectivity index (χ1v) is 6.82. The van der Waals surface area contributed by atoms with Gasteiger partial charge >= 0.3 is 0 Å². The summed E-state index contributed by atoms with van der Waals surface area (Å²) in [6.45, 7) is 3.19. The first-order chi connectivity index (χ1) is 9.35. The van der Waals surface area contributed by atoms with Gasteiger partial charge in [0, 0.05) is 24.6 Å². The summed E-state index contributed by atoms with van der Waals surface area (Å²) in [6, 6.07) is 8.03. The molecule has 1 N–H and O–H groups in total. The number of methoxy groups -OCH3 is 1. The van der Waals surface area contributed by atoms with Crippen LogP contribution in [0, 0.1) is 5.92 Å². The highest BCUT2D eigenvalue weighted by atomic mass is 16.5. The molecule has 1 saturated heterocycles. The molecule has 19 heavy (non-hydrogen) atoms. The van der Waals surface area contributed by atoms with Crippen molar-refractivity contribution in [2.45, 2.75) is 12.5 Å². The van der Waals surface area contributed by atoms with Gasteiger partial charge in [0.05, 0.1) is 26.4 Å². The first kappa shape index (κ1) is 14.3. The molecule has 2 rings (SSSR count). The van der Waals surface area contributed by atoms with E-state index in [2.05, 4.69) is 11.4 Å². The summed E-state index contributed by atoms with van der Waals surface area (Å²) in [7, 11) is 3.63. The van der Waals surface area contributed by atoms with Crippen molar-refractivity contribution in [3.8, 4) is 5.75 Å². The van der Waals surface area contributed by atoms with Gasteiger partial charge in [-0.1, -0.05) is 18.2 Å². The van der Waals surface area contributed by atoms with Crippen molar-refractivity contribution >= 4 is 0 Å². The van der Waals surface area contributed by atoms with Gasteiger partial charge in [-0.3, -0.25) is 0 Å². The van der Waals surface area contributed by atoms with E-state index >= 15 is 0 Å². The van der Waals surface area contributed by atoms with Gasteiger partial charge < -0.3 is 19.5 Å². The van der Waals surface area contributed by atoms with Gasteiger partial charge in [-0.2, -0.15) is 0 Å². The molecule has 2 unspecified atom stereocenters. The van der Waals surface area contributed by atoms with Crippen LogP contribution in [0.15, 0.2) is 24.3 Å². The highest BCUT2D eigenvalue weighted by Gasteiger charge is 2.20. The number of benzene rings is 1. The van der Waals surface area contributed by atoms with Crippen molar-refractivity contribution in [1.82, 2.24) is 5.32 Å². The number of ether oxygens (including phenoxy) is 3. The van der Waals surface area contributed by atoms with Crippen LogP contribution in [0.25, 0.3) is 0 Å². The van der Waals surface area contributed by atoms with E-state index in [1.165, 1.54) is 0 Å². The van der Waals surface area contributed by atoms with Crippen LogP contribution in [-0.2, 0) is 9.47 Å². The van der Waals surface area contributed by atoms with E-state index in [4.69, 9.17) is 14.2 Å². The number of hydrogen-bond acceptors (Lipinski definition) is 4. The van der Waals surface area contributed by atoms with Crippen LogP contribution in [0.1, 0.15) is 18.1 Å². The van der Waals surface area contributed by atoms with E-state index in [-0.39, 0.29) is 6.10 Å². The summed E-state index contributed by atoms with van der Waals surface area (Å²) in [5, 5.41) is 3.18. The molecule has 0 spiro atoms. The molecule has 0 aromatic heterocycles. The topological polar surface area (TPSA) is 39.7 Å². The van der Waals surface area contributed by atoms with Gasteiger partial charge in [-0.25, -0.2) is 0 Å². The lowest BCUT2D eigenvalue weighted by Gasteiger charge is -2.21. The number of rotatable bonds is 7. The first-order valence-electron chi connectivity index (χ1n) is 6.82. The van der Waals surface area contributed by atoms with Gasteiger partial charge in [-0.05, 0) is 19.5 Å². The average Bonchev–Trinajstić information content (AvgIpc) is 2.96. The van der Waals surface area contributed by atoms with E-state index in [9.17, 15) is 0 Å². The van der Waals surface area contributed by atoms with Crippen LogP contribution in [0.3, 0.4) is 0 Å². The fourth-order valence-electron chi connectivity index (χ4n) is 2.34. The van der Waals surface area contributed by atoms with Crippen LogP contribution in [0.5, 0.6) is 5.75 Å². The molecule has 1 aromatic carbocycles. The molecule has 0 bridgehead atoms. The molecule has 1 aromatic rings. The molecule has 106 valence electrons. The van der Waals surface area contributed by atoms with Crippen molar-refractivity contribution in [2.75, 3.05) is 40.5 Å². The highest BCUT2D eigenvalue weighted by molar-refractivity contribution is 5.35. The Balaban J connectivity index is 2.01. The zero-order chi connectivity index (χ0) is 13.5. The molecular formula is C15H23NO3. The van der Waals surface area contributed by atoms with Crippen LogP contribution in [0.2, 0.25) is 0 Å². The molecule has 1 aliphatic rings. The molecule has 0 aliphatic carbocycles. The molecule has 0 amide bonds. The lowest BCUT2D eigenvalue weighted by atomic mass is 10.1. The zero-order valence-corrected chi connectivity index (χ0v) is 11.7. The molecule has 0 saturated carbocycles. The highest BCUT2D eigenvalue weighted by Crippen LogP contribution is 2.28. The summed E-state index contributed by atoms with van der Waals surface area (Å²) in [5.74, 6) is 1.40. The van der Waals surface area contributed by atoms with Gasteiger partial charge in [-0.15, -0.1) is 0 Å². The van der Waals surface area contributed by atoms with E-state index in [1.807, 2.05) is 25.2 Å². The van der Waals surface area contributed by atoms with Crippen LogP contribution in [0.4, 0.5) is 0 Å². The maximum Gasteiger partial charge on any atom is 0.124 e. The fourth-order valence-corrected chi connectivity index (χ4v) is 2.34. The molecule has 4 nitrogen and oxygen atoms in total. The standard InChI is InChI=1S/C15H23NO3/c1-16-9-15(19-11-12-7-8-18-10-12)13-5-3-4-6-14(13)17-2/h3-6,12,15-16H,7-11H2,1-2H3. The Morgan fingerprint density at radius 2 is 2.26 bits per heavy atom. The monoisotopic (exact) mass is 265 g/mol. The van der Waals surface area contributed by atoms with Crippen molar-refractivity contribution in [3.05, 3.63) is 29.8 Å². The summed E-state index contributed by atoms with van der Waals surface area (Å²) in [5.41, 5.74) is 1.10. The predicted molar refractivity (Wildman–Crippen MR) is 74.5 cm³/mol. The molecule has 1 heterocycles. The summed E-state index contributed by atoms with van der Waals surface area (Å²) >= 11 is 0. The maximum absolute atomic E-state index is 6.07. The number of nitrogens with one attached hydrogen (secondary N) is 1. The van der Waals surface area contributed by atoms with Crippen molar-refractivity contribution in [1.29, 1.82) is 0 Å². The second-order valence-corrected chi connectivity index (χ2v) is 4.85. The van der Waals surface area contributed by atoms with Gasteiger partial charge in [0.15, 0.2) is 0 Å². The minimum atomic E-state index is 0.0155. The third-order valence-electron chi connectivity index (χ3n) is 3.43. The Morgan fingerprint density at radius 3 is 2.95 bits per heavy atom. The molecule has 4 heteroatoms. The van der Waals surface area contributed by atoms with Gasteiger partial charge in [0.1, 0.15) is 5.75 Å². The summed E-state index contributed by atoms with van der Waals surface area (Å²) in [6.07, 6.45) is 1.11. The van der Waals surface area contributed by atoms with Gasteiger partial charge in [0.25, 0.3) is 0 Å². The minimum absolute atomic E-state index is 0.0155. The Labute approximate surface area is 115 Å². The average molecular weight is 265 g/mol. The van der Waals surface area contributed by atoms with Crippen LogP contribution in [-0.4, -0.2) is 40.5 Å². The Hall–Kier alpha value is -1.10. The minimum Gasteiger partial charge on any atom is -0.496 e. The summed E-state index contributed by atoms with van der Waals surface area (Å²) in [4.78, 5) is 0. The number of para-hydroxylation sites is 1. The largest absolute Gasteiger partial charge is 0.496 e. The number of likely N-dealkylation sites (N-methyl/N-ethyl adjacent to an activating group) is 1. The fraction of sp³-hybridized carbons (Fsp3) is 0.600. The SMILES string of the molecule is CNCC(OCC1CCOC1)c1ccccc1OC. The second-order valence-electron chi connectivity index (χ2n) is 4.85. The third-order valence-corrected chi connectivity index (χ3v) is 3.43. The van der Waals surface area contributed by atoms with Crippen LogP contribution >= 0.6 is 0 Å². The van der Waals surface area contributed by atoms with E-state index in [1.54, 1.807) is 7.11 Å². The van der Waals surface area contributed by atoms with Crippen molar-refractivity contribution < 1.29 is 14.2 Å². The Bertz CT molecular complexity index is 377. The Kier molecular flexibility index (Phi) is 5.63. The summed E-state index contributed by atoms with van der Waals surface area (Å²) < 4.78 is 16.9. The molecule has 0 radical (unpaired) electrons. The molecule has 2 atom stereocenters. The lowest BCUT2D eigenvalue weighted by molar-refractivity contribution is 0.0252.